The monoisotopic (exact) mass is 1400 g/mol. The van der Waals surface area contributed by atoms with Crippen LogP contribution in [0.1, 0.15) is 395 Å². The van der Waals surface area contributed by atoms with Gasteiger partial charge in [-0.1, -0.05) is 343 Å². The Bertz CT molecular complexity index is 1840. The van der Waals surface area contributed by atoms with Crippen molar-refractivity contribution in [3.05, 3.63) is 0 Å². The molecule has 3 N–H and O–H groups in total. The van der Waals surface area contributed by atoms with E-state index < -0.39 is 97.5 Å². The molecule has 0 saturated heterocycles. The van der Waals surface area contributed by atoms with Crippen molar-refractivity contribution in [1.29, 1.82) is 0 Å². The van der Waals surface area contributed by atoms with Crippen LogP contribution in [0, 0.1) is 11.8 Å². The van der Waals surface area contributed by atoms with Gasteiger partial charge in [-0.3, -0.25) is 37.3 Å². The van der Waals surface area contributed by atoms with Gasteiger partial charge in [0.1, 0.15) is 19.3 Å². The van der Waals surface area contributed by atoms with Crippen molar-refractivity contribution < 1.29 is 80.2 Å². The number of phosphoric ester groups is 2. The molecule has 19 heteroatoms. The van der Waals surface area contributed by atoms with E-state index in [2.05, 4.69) is 41.5 Å². The Labute approximate surface area is 581 Å². The molecule has 95 heavy (non-hydrogen) atoms. The normalized spacial score (nSPS) is 14.0. The average molecular weight is 1400 g/mol. The molecule has 0 fully saturated rings. The Morgan fingerprint density at radius 1 is 0.284 bits per heavy atom. The van der Waals surface area contributed by atoms with E-state index in [1.54, 1.807) is 0 Å². The maximum atomic E-state index is 13.1. The zero-order valence-electron chi connectivity index (χ0n) is 62.0. The number of phosphoric acid groups is 2. The van der Waals surface area contributed by atoms with Crippen LogP contribution >= 0.6 is 15.6 Å². The molecule has 0 radical (unpaired) electrons. The van der Waals surface area contributed by atoms with Crippen molar-refractivity contribution in [3.63, 3.8) is 0 Å². The summed E-state index contributed by atoms with van der Waals surface area (Å²) in [4.78, 5) is 72.8. The number of aliphatic hydroxyl groups excluding tert-OH is 1. The summed E-state index contributed by atoms with van der Waals surface area (Å²) in [6.07, 6.45) is 55.4. The van der Waals surface area contributed by atoms with E-state index >= 15 is 0 Å². The molecule has 0 spiro atoms. The fraction of sp³-hybridized carbons (Fsp3) is 0.947. The third-order valence-electron chi connectivity index (χ3n) is 17.7. The lowest BCUT2D eigenvalue weighted by Crippen LogP contribution is -2.30. The fourth-order valence-corrected chi connectivity index (χ4v) is 13.2. The second-order valence-electron chi connectivity index (χ2n) is 28.3. The summed E-state index contributed by atoms with van der Waals surface area (Å²) in [5.74, 6) is -0.568. The average Bonchev–Trinajstić information content (AvgIpc) is 1.68. The summed E-state index contributed by atoms with van der Waals surface area (Å²) in [5.41, 5.74) is 0. The summed E-state index contributed by atoms with van der Waals surface area (Å²) in [6.45, 7) is 9.60. The van der Waals surface area contributed by atoms with E-state index in [4.69, 9.17) is 37.0 Å². The zero-order valence-corrected chi connectivity index (χ0v) is 63.8. The van der Waals surface area contributed by atoms with Crippen LogP contribution in [0.2, 0.25) is 0 Å². The summed E-state index contributed by atoms with van der Waals surface area (Å²) in [6, 6.07) is 0. The lowest BCUT2D eigenvalue weighted by Gasteiger charge is -2.21. The minimum absolute atomic E-state index is 0.107. The molecule has 0 aliphatic carbocycles. The van der Waals surface area contributed by atoms with Crippen LogP contribution in [0.15, 0.2) is 0 Å². The first kappa shape index (κ1) is 93.1. The van der Waals surface area contributed by atoms with Gasteiger partial charge in [-0.05, 0) is 37.5 Å². The highest BCUT2D eigenvalue weighted by atomic mass is 31.2. The van der Waals surface area contributed by atoms with Gasteiger partial charge in [0, 0.05) is 25.7 Å². The largest absolute Gasteiger partial charge is 0.472 e. The molecule has 0 aromatic carbocycles. The van der Waals surface area contributed by atoms with Crippen molar-refractivity contribution in [3.8, 4) is 0 Å². The van der Waals surface area contributed by atoms with E-state index in [9.17, 15) is 43.2 Å². The fourth-order valence-electron chi connectivity index (χ4n) is 11.7. The van der Waals surface area contributed by atoms with Crippen molar-refractivity contribution in [2.24, 2.45) is 11.8 Å². The molecule has 17 nitrogen and oxygen atoms in total. The van der Waals surface area contributed by atoms with E-state index in [0.29, 0.717) is 25.7 Å². The second kappa shape index (κ2) is 67.9. The van der Waals surface area contributed by atoms with E-state index in [1.807, 2.05) is 0 Å². The minimum atomic E-state index is -4.96. The van der Waals surface area contributed by atoms with Gasteiger partial charge < -0.3 is 33.8 Å². The van der Waals surface area contributed by atoms with Gasteiger partial charge in [0.2, 0.25) is 0 Å². The predicted molar refractivity (Wildman–Crippen MR) is 386 cm³/mol. The quantitative estimate of drug-likeness (QED) is 0.0222. The van der Waals surface area contributed by atoms with Gasteiger partial charge in [-0.25, -0.2) is 9.13 Å². The smallest absolute Gasteiger partial charge is 0.462 e. The molecule has 0 bridgehead atoms. The van der Waals surface area contributed by atoms with Gasteiger partial charge in [0.05, 0.1) is 26.4 Å². The number of rotatable bonds is 75. The van der Waals surface area contributed by atoms with Crippen LogP contribution < -0.4 is 0 Å². The topological polar surface area (TPSA) is 237 Å². The summed E-state index contributed by atoms with van der Waals surface area (Å²) in [5, 5.41) is 10.6. The zero-order chi connectivity index (χ0) is 70.0. The summed E-state index contributed by atoms with van der Waals surface area (Å²) < 4.78 is 68.5. The number of hydrogen-bond acceptors (Lipinski definition) is 15. The van der Waals surface area contributed by atoms with Crippen LogP contribution in [0.5, 0.6) is 0 Å². The van der Waals surface area contributed by atoms with Gasteiger partial charge in [-0.2, -0.15) is 0 Å². The van der Waals surface area contributed by atoms with Crippen LogP contribution in [0.4, 0.5) is 0 Å². The minimum Gasteiger partial charge on any atom is -0.462 e. The van der Waals surface area contributed by atoms with E-state index in [-0.39, 0.29) is 25.7 Å². The molecular formula is C76H148O17P2. The highest BCUT2D eigenvalue weighted by molar-refractivity contribution is 7.47. The summed E-state index contributed by atoms with van der Waals surface area (Å²) in [7, 11) is -9.91. The SMILES string of the molecule is CCCCCCCCCCCCCCCCCCCC(=O)O[C@H](COC(=O)CCCCCCCCCCCCCCC(C)C)COP(=O)(O)OC[C@@H](O)COP(=O)(O)OC[C@@H](COC(=O)CCCCCCCCCCC)OC(=O)CCCCCCCCCCCCCC(C)C. The van der Waals surface area contributed by atoms with Crippen molar-refractivity contribution in [1.82, 2.24) is 0 Å². The lowest BCUT2D eigenvalue weighted by atomic mass is 10.0. The number of ether oxygens (including phenoxy) is 4. The second-order valence-corrected chi connectivity index (χ2v) is 31.3. The van der Waals surface area contributed by atoms with Crippen LogP contribution in [0.25, 0.3) is 0 Å². The third-order valence-corrected chi connectivity index (χ3v) is 19.6. The molecular weight excluding hydrogens is 1250 g/mol. The number of carbonyl (C=O) groups is 4. The summed E-state index contributed by atoms with van der Waals surface area (Å²) >= 11 is 0. The first-order chi connectivity index (χ1) is 45.9. The van der Waals surface area contributed by atoms with Crippen LogP contribution in [0.3, 0.4) is 0 Å². The molecule has 0 saturated carbocycles. The Morgan fingerprint density at radius 2 is 0.484 bits per heavy atom. The Kier molecular flexibility index (Phi) is 66.5. The number of hydrogen-bond donors (Lipinski definition) is 3. The van der Waals surface area contributed by atoms with Crippen LogP contribution in [-0.4, -0.2) is 96.7 Å². The van der Waals surface area contributed by atoms with Gasteiger partial charge in [0.25, 0.3) is 0 Å². The van der Waals surface area contributed by atoms with E-state index in [1.165, 1.54) is 212 Å². The number of aliphatic hydroxyl groups is 1. The molecule has 0 rings (SSSR count). The first-order valence-corrected chi connectivity index (χ1v) is 42.5. The van der Waals surface area contributed by atoms with Crippen molar-refractivity contribution in [2.75, 3.05) is 39.6 Å². The van der Waals surface area contributed by atoms with E-state index in [0.717, 1.165) is 102 Å². The molecule has 2 unspecified atom stereocenters. The lowest BCUT2D eigenvalue weighted by molar-refractivity contribution is -0.161. The third kappa shape index (κ3) is 70.3. The highest BCUT2D eigenvalue weighted by Gasteiger charge is 2.30. The molecule has 0 aliphatic rings. The molecule has 0 aromatic rings. The number of unbranched alkanes of at least 4 members (excludes halogenated alkanes) is 45. The molecule has 0 aromatic heterocycles. The molecule has 0 heterocycles. The number of carbonyl (C=O) groups excluding carboxylic acids is 4. The molecule has 5 atom stereocenters. The van der Waals surface area contributed by atoms with Crippen molar-refractivity contribution >= 4 is 39.5 Å². The Hall–Kier alpha value is -1.94. The molecule has 564 valence electrons. The van der Waals surface area contributed by atoms with Crippen molar-refractivity contribution in [2.45, 2.75) is 413 Å². The first-order valence-electron chi connectivity index (χ1n) is 39.5. The Balaban J connectivity index is 5.24. The van der Waals surface area contributed by atoms with Gasteiger partial charge in [0.15, 0.2) is 12.2 Å². The predicted octanol–water partition coefficient (Wildman–Crippen LogP) is 22.3. The standard InChI is InChI=1S/C76H148O17P2/c1-7-9-11-13-15-17-18-19-20-21-22-23-30-36-42-48-54-60-75(80)93-72(65-87-74(79)59-53-47-41-35-29-25-24-27-33-38-44-50-56-68(3)4)67-91-95(84,85)89-63-70(77)62-88-94(82,83)90-66-71(64-86-73(78)58-52-46-40-32-16-14-12-10-8-2)92-76(81)61-55-49-43-37-31-26-28-34-39-45-51-57-69(5)6/h68-72,77H,7-67H2,1-6H3,(H,82,83)(H,84,85)/t70-,71+,72+/m0/s1. The number of esters is 4. The highest BCUT2D eigenvalue weighted by Crippen LogP contribution is 2.45. The van der Waals surface area contributed by atoms with Gasteiger partial charge >= 0.3 is 39.5 Å². The molecule has 0 aliphatic heterocycles. The maximum Gasteiger partial charge on any atom is 0.472 e. The molecule has 0 amide bonds. The Morgan fingerprint density at radius 3 is 0.716 bits per heavy atom. The van der Waals surface area contributed by atoms with Crippen LogP contribution in [-0.2, 0) is 65.4 Å². The maximum absolute atomic E-state index is 13.1. The van der Waals surface area contributed by atoms with Gasteiger partial charge in [-0.15, -0.1) is 0 Å².